The van der Waals surface area contributed by atoms with Gasteiger partial charge in [-0.3, -0.25) is 4.79 Å². The van der Waals surface area contributed by atoms with Gasteiger partial charge in [0.15, 0.2) is 0 Å². The summed E-state index contributed by atoms with van der Waals surface area (Å²) in [6.07, 6.45) is 1.15. The molecule has 2 amide bonds. The van der Waals surface area contributed by atoms with E-state index in [1.165, 1.54) is 0 Å². The van der Waals surface area contributed by atoms with Gasteiger partial charge in [-0.25, -0.2) is 4.79 Å². The molecule has 0 aliphatic carbocycles. The summed E-state index contributed by atoms with van der Waals surface area (Å²) < 4.78 is 5.85. The first-order valence-corrected chi connectivity index (χ1v) is 7.34. The molecule has 1 aromatic rings. The Morgan fingerprint density at radius 1 is 1.43 bits per heavy atom. The summed E-state index contributed by atoms with van der Waals surface area (Å²) in [5.74, 6) is -0.529. The zero-order valence-corrected chi connectivity index (χ0v) is 13.6. The number of amides is 2. The zero-order valence-electron chi connectivity index (χ0n) is 12.0. The number of halogens is 1. The smallest absolute Gasteiger partial charge is 0.319 e. The number of hydrogen-bond donors (Lipinski definition) is 3. The molecule has 0 aliphatic heterocycles. The minimum atomic E-state index is -0.817. The first kappa shape index (κ1) is 17.3. The number of anilines is 1. The van der Waals surface area contributed by atoms with Crippen molar-refractivity contribution in [2.24, 2.45) is 5.92 Å². The molecule has 6 nitrogen and oxygen atoms in total. The predicted molar refractivity (Wildman–Crippen MR) is 83.7 cm³/mol. The molecule has 3 N–H and O–H groups in total. The van der Waals surface area contributed by atoms with Crippen LogP contribution in [0.2, 0.25) is 0 Å². The van der Waals surface area contributed by atoms with Crippen LogP contribution in [0.5, 0.6) is 5.75 Å². The maximum atomic E-state index is 11.7. The van der Waals surface area contributed by atoms with E-state index in [0.717, 1.165) is 4.47 Å². The van der Waals surface area contributed by atoms with E-state index in [1.807, 2.05) is 0 Å². The summed E-state index contributed by atoms with van der Waals surface area (Å²) in [5.41, 5.74) is 0.638. The quantitative estimate of drug-likeness (QED) is 0.653. The largest absolute Gasteiger partial charge is 0.496 e. The van der Waals surface area contributed by atoms with Crippen LogP contribution in [0.1, 0.15) is 19.8 Å². The van der Waals surface area contributed by atoms with Gasteiger partial charge in [-0.2, -0.15) is 0 Å². The topological polar surface area (TPSA) is 87.7 Å². The second-order valence-corrected chi connectivity index (χ2v) is 5.47. The fraction of sp³-hybridized carbons (Fsp3) is 0.429. The van der Waals surface area contributed by atoms with Crippen LogP contribution in [0, 0.1) is 5.92 Å². The van der Waals surface area contributed by atoms with Gasteiger partial charge in [0, 0.05) is 12.2 Å². The Bertz CT molecular complexity index is 508. The van der Waals surface area contributed by atoms with Crippen molar-refractivity contribution in [3.63, 3.8) is 0 Å². The summed E-state index contributed by atoms with van der Waals surface area (Å²) in [4.78, 5) is 22.3. The number of rotatable bonds is 7. The number of methoxy groups -OCH3 is 1. The third-order valence-electron chi connectivity index (χ3n) is 2.93. The predicted octanol–water partition coefficient (Wildman–Crippen LogP) is 3.08. The van der Waals surface area contributed by atoms with E-state index in [2.05, 4.69) is 26.6 Å². The SMILES string of the molecule is COc1ccc(NC(=O)NCCCC(C)C(=O)O)cc1Br. The Morgan fingerprint density at radius 2 is 2.14 bits per heavy atom. The van der Waals surface area contributed by atoms with Gasteiger partial charge in [0.1, 0.15) is 5.75 Å². The second kappa shape index (κ2) is 8.51. The van der Waals surface area contributed by atoms with Crippen molar-refractivity contribution in [3.8, 4) is 5.75 Å². The van der Waals surface area contributed by atoms with Crippen LogP contribution in [0.25, 0.3) is 0 Å². The van der Waals surface area contributed by atoms with Crippen LogP contribution >= 0.6 is 15.9 Å². The fourth-order valence-corrected chi connectivity index (χ4v) is 2.19. The lowest BCUT2D eigenvalue weighted by Gasteiger charge is -2.10. The van der Waals surface area contributed by atoms with Crippen molar-refractivity contribution in [2.45, 2.75) is 19.8 Å². The van der Waals surface area contributed by atoms with Gasteiger partial charge in [-0.15, -0.1) is 0 Å². The maximum absolute atomic E-state index is 11.7. The summed E-state index contributed by atoms with van der Waals surface area (Å²) in [7, 11) is 1.57. The highest BCUT2D eigenvalue weighted by Gasteiger charge is 2.10. The van der Waals surface area contributed by atoms with E-state index < -0.39 is 11.9 Å². The molecule has 0 aliphatic rings. The lowest BCUT2D eigenvalue weighted by molar-refractivity contribution is -0.141. The van der Waals surface area contributed by atoms with Gasteiger partial charge < -0.3 is 20.5 Å². The Morgan fingerprint density at radius 3 is 2.71 bits per heavy atom. The molecule has 21 heavy (non-hydrogen) atoms. The molecule has 7 heteroatoms. The number of carbonyl (C=O) groups excluding carboxylic acids is 1. The first-order chi connectivity index (χ1) is 9.93. The molecule has 1 aromatic carbocycles. The monoisotopic (exact) mass is 358 g/mol. The molecule has 0 fully saturated rings. The summed E-state index contributed by atoms with van der Waals surface area (Å²) in [5, 5.41) is 14.1. The molecule has 1 unspecified atom stereocenters. The molecular weight excluding hydrogens is 340 g/mol. The zero-order chi connectivity index (χ0) is 15.8. The van der Waals surface area contributed by atoms with E-state index in [9.17, 15) is 9.59 Å². The number of ether oxygens (including phenoxy) is 1. The van der Waals surface area contributed by atoms with Crippen molar-refractivity contribution in [1.82, 2.24) is 5.32 Å². The van der Waals surface area contributed by atoms with Crippen molar-refractivity contribution in [2.75, 3.05) is 19.0 Å². The molecule has 0 saturated carbocycles. The molecule has 0 radical (unpaired) electrons. The highest BCUT2D eigenvalue weighted by atomic mass is 79.9. The highest BCUT2D eigenvalue weighted by molar-refractivity contribution is 9.10. The molecule has 0 bridgehead atoms. The number of urea groups is 1. The molecule has 116 valence electrons. The van der Waals surface area contributed by atoms with Crippen LogP contribution in [-0.2, 0) is 4.79 Å². The highest BCUT2D eigenvalue weighted by Crippen LogP contribution is 2.27. The van der Waals surface area contributed by atoms with E-state index >= 15 is 0 Å². The van der Waals surface area contributed by atoms with Crippen molar-refractivity contribution in [3.05, 3.63) is 22.7 Å². The third kappa shape index (κ3) is 6.03. The second-order valence-electron chi connectivity index (χ2n) is 4.61. The standard InChI is InChI=1S/C14H19BrN2O4/c1-9(13(18)19)4-3-7-16-14(20)17-10-5-6-12(21-2)11(15)8-10/h5-6,8-9H,3-4,7H2,1-2H3,(H,18,19)(H2,16,17,20). The van der Waals surface area contributed by atoms with Gasteiger partial charge >= 0.3 is 12.0 Å². The summed E-state index contributed by atoms with van der Waals surface area (Å²) in [6.45, 7) is 2.08. The number of carboxylic acid groups (broad SMARTS) is 1. The minimum absolute atomic E-state index is 0.324. The number of benzene rings is 1. The first-order valence-electron chi connectivity index (χ1n) is 6.55. The van der Waals surface area contributed by atoms with Crippen LogP contribution < -0.4 is 15.4 Å². The van der Waals surface area contributed by atoms with Crippen molar-refractivity contribution >= 4 is 33.6 Å². The van der Waals surface area contributed by atoms with Gasteiger partial charge in [-0.05, 0) is 47.0 Å². The van der Waals surface area contributed by atoms with Gasteiger partial charge in [0.2, 0.25) is 0 Å². The molecule has 0 spiro atoms. The maximum Gasteiger partial charge on any atom is 0.319 e. The Kier molecular flexibility index (Phi) is 7.01. The van der Waals surface area contributed by atoms with E-state index in [4.69, 9.17) is 9.84 Å². The van der Waals surface area contributed by atoms with Crippen LogP contribution in [0.15, 0.2) is 22.7 Å². The lowest BCUT2D eigenvalue weighted by atomic mass is 10.1. The van der Waals surface area contributed by atoms with Gasteiger partial charge in [0.05, 0.1) is 17.5 Å². The summed E-state index contributed by atoms with van der Waals surface area (Å²) >= 11 is 3.34. The number of hydrogen-bond acceptors (Lipinski definition) is 3. The molecule has 1 atom stereocenters. The van der Waals surface area contributed by atoms with Crippen LogP contribution in [-0.4, -0.2) is 30.8 Å². The van der Waals surface area contributed by atoms with Crippen molar-refractivity contribution in [1.29, 1.82) is 0 Å². The van der Waals surface area contributed by atoms with Crippen LogP contribution in [0.3, 0.4) is 0 Å². The molecule has 0 saturated heterocycles. The molecule has 1 rings (SSSR count). The summed E-state index contributed by atoms with van der Waals surface area (Å²) in [6, 6.07) is 4.89. The number of aliphatic carboxylic acids is 1. The lowest BCUT2D eigenvalue weighted by Crippen LogP contribution is -2.29. The van der Waals surface area contributed by atoms with E-state index in [0.29, 0.717) is 30.8 Å². The molecule has 0 aromatic heterocycles. The molecule has 0 heterocycles. The van der Waals surface area contributed by atoms with Gasteiger partial charge in [-0.1, -0.05) is 6.92 Å². The van der Waals surface area contributed by atoms with Gasteiger partial charge in [0.25, 0.3) is 0 Å². The number of carbonyl (C=O) groups is 2. The Balaban J connectivity index is 2.34. The van der Waals surface area contributed by atoms with Crippen LogP contribution in [0.4, 0.5) is 10.5 Å². The minimum Gasteiger partial charge on any atom is -0.496 e. The van der Waals surface area contributed by atoms with E-state index in [-0.39, 0.29) is 6.03 Å². The number of carboxylic acids is 1. The average molecular weight is 359 g/mol. The average Bonchev–Trinajstić information content (AvgIpc) is 2.43. The Labute approximate surface area is 132 Å². The fourth-order valence-electron chi connectivity index (χ4n) is 1.65. The third-order valence-corrected chi connectivity index (χ3v) is 3.55. The Hall–Kier alpha value is -1.76. The normalized spacial score (nSPS) is 11.6. The number of nitrogens with one attached hydrogen (secondary N) is 2. The van der Waals surface area contributed by atoms with Crippen molar-refractivity contribution < 1.29 is 19.4 Å². The molecular formula is C14H19BrN2O4. The van der Waals surface area contributed by atoms with E-state index in [1.54, 1.807) is 32.2 Å².